The third-order valence-electron chi connectivity index (χ3n) is 2.32. The minimum absolute atomic E-state index is 0.200. The van der Waals surface area contributed by atoms with Crippen LogP contribution in [0.5, 0.6) is 0 Å². The lowest BCUT2D eigenvalue weighted by molar-refractivity contribution is -0.111. The zero-order valence-electron chi connectivity index (χ0n) is 8.63. The van der Waals surface area contributed by atoms with Gasteiger partial charge in [0.1, 0.15) is 6.29 Å². The fourth-order valence-corrected chi connectivity index (χ4v) is 1.39. The second-order valence-electron chi connectivity index (χ2n) is 3.91. The van der Waals surface area contributed by atoms with Crippen molar-refractivity contribution in [2.75, 3.05) is 13.6 Å². The molecule has 2 heteroatoms. The number of carbonyl (C=O) groups excluding carboxylic acids is 1. The van der Waals surface area contributed by atoms with E-state index in [0.29, 0.717) is 11.8 Å². The molecule has 0 spiro atoms. The molecule has 2 unspecified atom stereocenters. The highest BCUT2D eigenvalue weighted by Crippen LogP contribution is 2.18. The van der Waals surface area contributed by atoms with Gasteiger partial charge in [-0.05, 0) is 31.8 Å². The molecule has 12 heavy (non-hydrogen) atoms. The molecule has 0 radical (unpaired) electrons. The average Bonchev–Trinajstić information content (AvgIpc) is 2.03. The molecule has 0 aliphatic heterocycles. The molecule has 0 amide bonds. The second kappa shape index (κ2) is 6.18. The van der Waals surface area contributed by atoms with Crippen LogP contribution >= 0.6 is 0 Å². The Morgan fingerprint density at radius 2 is 1.92 bits per heavy atom. The van der Waals surface area contributed by atoms with Crippen molar-refractivity contribution < 1.29 is 4.79 Å². The van der Waals surface area contributed by atoms with Crippen molar-refractivity contribution in [1.29, 1.82) is 0 Å². The van der Waals surface area contributed by atoms with Crippen LogP contribution < -0.4 is 5.32 Å². The topological polar surface area (TPSA) is 29.1 Å². The van der Waals surface area contributed by atoms with Gasteiger partial charge in [0.05, 0.1) is 0 Å². The molecule has 0 fully saturated rings. The van der Waals surface area contributed by atoms with Crippen LogP contribution in [0.2, 0.25) is 0 Å². The van der Waals surface area contributed by atoms with E-state index in [-0.39, 0.29) is 5.92 Å². The Kier molecular flexibility index (Phi) is 5.99. The van der Waals surface area contributed by atoms with Crippen molar-refractivity contribution in [3.63, 3.8) is 0 Å². The fourth-order valence-electron chi connectivity index (χ4n) is 1.39. The first-order valence-electron chi connectivity index (χ1n) is 4.71. The van der Waals surface area contributed by atoms with Gasteiger partial charge in [0.2, 0.25) is 0 Å². The van der Waals surface area contributed by atoms with Gasteiger partial charge in [-0.1, -0.05) is 20.8 Å². The van der Waals surface area contributed by atoms with Gasteiger partial charge in [0.25, 0.3) is 0 Å². The Labute approximate surface area is 75.7 Å². The lowest BCUT2D eigenvalue weighted by Gasteiger charge is -2.21. The van der Waals surface area contributed by atoms with E-state index in [0.717, 1.165) is 19.3 Å². The van der Waals surface area contributed by atoms with E-state index < -0.39 is 0 Å². The molecule has 72 valence electrons. The Morgan fingerprint density at radius 1 is 1.33 bits per heavy atom. The van der Waals surface area contributed by atoms with Crippen LogP contribution in [-0.4, -0.2) is 19.9 Å². The van der Waals surface area contributed by atoms with Gasteiger partial charge in [0, 0.05) is 5.92 Å². The van der Waals surface area contributed by atoms with Crippen molar-refractivity contribution in [3.05, 3.63) is 0 Å². The van der Waals surface area contributed by atoms with Crippen LogP contribution in [0, 0.1) is 17.8 Å². The molecule has 0 aliphatic carbocycles. The first kappa shape index (κ1) is 11.6. The monoisotopic (exact) mass is 171 g/mol. The standard InChI is InChI=1S/C10H21NO/c1-8(2)10(6-11-4)5-9(3)7-12/h7-11H,5-6H2,1-4H3. The molecule has 0 aliphatic rings. The van der Waals surface area contributed by atoms with Crippen molar-refractivity contribution >= 4 is 6.29 Å². The number of hydrogen-bond acceptors (Lipinski definition) is 2. The Bertz CT molecular complexity index is 123. The second-order valence-corrected chi connectivity index (χ2v) is 3.91. The summed E-state index contributed by atoms with van der Waals surface area (Å²) in [6.45, 7) is 7.41. The normalized spacial score (nSPS) is 16.1. The summed E-state index contributed by atoms with van der Waals surface area (Å²) in [6.07, 6.45) is 2.05. The maximum atomic E-state index is 10.4. The number of carbonyl (C=O) groups is 1. The molecule has 0 saturated carbocycles. The van der Waals surface area contributed by atoms with E-state index in [4.69, 9.17) is 0 Å². The Balaban J connectivity index is 3.85. The predicted molar refractivity (Wildman–Crippen MR) is 52.1 cm³/mol. The van der Waals surface area contributed by atoms with Gasteiger partial charge >= 0.3 is 0 Å². The molecule has 0 aromatic rings. The minimum Gasteiger partial charge on any atom is -0.319 e. The molecule has 0 aromatic heterocycles. The van der Waals surface area contributed by atoms with Gasteiger partial charge < -0.3 is 10.1 Å². The molecule has 2 nitrogen and oxygen atoms in total. The first-order chi connectivity index (χ1) is 5.61. The number of nitrogens with one attached hydrogen (secondary N) is 1. The summed E-state index contributed by atoms with van der Waals surface area (Å²) in [5.74, 6) is 1.47. The highest BCUT2D eigenvalue weighted by Gasteiger charge is 2.15. The summed E-state index contributed by atoms with van der Waals surface area (Å²) >= 11 is 0. The van der Waals surface area contributed by atoms with Crippen LogP contribution in [0.4, 0.5) is 0 Å². The van der Waals surface area contributed by atoms with Crippen LogP contribution in [0.3, 0.4) is 0 Å². The molecular formula is C10H21NO. The third-order valence-corrected chi connectivity index (χ3v) is 2.32. The van der Waals surface area contributed by atoms with Crippen LogP contribution in [0.1, 0.15) is 27.2 Å². The van der Waals surface area contributed by atoms with Gasteiger partial charge in [-0.2, -0.15) is 0 Å². The maximum Gasteiger partial charge on any atom is 0.122 e. The highest BCUT2D eigenvalue weighted by molar-refractivity contribution is 5.52. The van der Waals surface area contributed by atoms with Gasteiger partial charge in [-0.3, -0.25) is 0 Å². The molecule has 0 heterocycles. The Hall–Kier alpha value is -0.370. The quantitative estimate of drug-likeness (QED) is 0.616. The third kappa shape index (κ3) is 4.50. The van der Waals surface area contributed by atoms with Crippen molar-refractivity contribution in [2.45, 2.75) is 27.2 Å². The maximum absolute atomic E-state index is 10.4. The number of hydrogen-bond donors (Lipinski definition) is 1. The summed E-state index contributed by atoms with van der Waals surface area (Å²) in [4.78, 5) is 10.4. The predicted octanol–water partition coefficient (Wildman–Crippen LogP) is 1.70. The first-order valence-corrected chi connectivity index (χ1v) is 4.71. The van der Waals surface area contributed by atoms with Gasteiger partial charge in [-0.25, -0.2) is 0 Å². The zero-order valence-corrected chi connectivity index (χ0v) is 8.63. The van der Waals surface area contributed by atoms with Crippen molar-refractivity contribution in [1.82, 2.24) is 5.32 Å². The number of aldehydes is 1. The summed E-state index contributed by atoms with van der Waals surface area (Å²) in [5.41, 5.74) is 0. The zero-order chi connectivity index (χ0) is 9.56. The van der Waals surface area contributed by atoms with Crippen molar-refractivity contribution in [3.8, 4) is 0 Å². The Morgan fingerprint density at radius 3 is 2.25 bits per heavy atom. The van der Waals surface area contributed by atoms with Crippen LogP contribution in [-0.2, 0) is 4.79 Å². The summed E-state index contributed by atoms with van der Waals surface area (Å²) in [5, 5.41) is 3.16. The van der Waals surface area contributed by atoms with Crippen molar-refractivity contribution in [2.24, 2.45) is 17.8 Å². The molecule has 2 atom stereocenters. The van der Waals surface area contributed by atoms with E-state index in [2.05, 4.69) is 19.2 Å². The van der Waals surface area contributed by atoms with E-state index in [1.165, 1.54) is 0 Å². The van der Waals surface area contributed by atoms with Gasteiger partial charge in [-0.15, -0.1) is 0 Å². The molecule has 0 aromatic carbocycles. The lowest BCUT2D eigenvalue weighted by atomic mass is 9.87. The molecule has 1 N–H and O–H groups in total. The summed E-state index contributed by atoms with van der Waals surface area (Å²) < 4.78 is 0. The molecule has 0 bridgehead atoms. The summed E-state index contributed by atoms with van der Waals surface area (Å²) in [6, 6.07) is 0. The highest BCUT2D eigenvalue weighted by atomic mass is 16.1. The fraction of sp³-hybridized carbons (Fsp3) is 0.900. The van der Waals surface area contributed by atoms with Crippen LogP contribution in [0.25, 0.3) is 0 Å². The smallest absolute Gasteiger partial charge is 0.122 e. The van der Waals surface area contributed by atoms with E-state index in [9.17, 15) is 4.79 Å². The van der Waals surface area contributed by atoms with E-state index in [1.54, 1.807) is 0 Å². The average molecular weight is 171 g/mol. The minimum atomic E-state index is 0.200. The van der Waals surface area contributed by atoms with E-state index in [1.807, 2.05) is 14.0 Å². The largest absolute Gasteiger partial charge is 0.319 e. The van der Waals surface area contributed by atoms with Crippen LogP contribution in [0.15, 0.2) is 0 Å². The van der Waals surface area contributed by atoms with E-state index >= 15 is 0 Å². The SMILES string of the molecule is CNCC(CC(C)C=O)C(C)C. The number of rotatable bonds is 6. The molecule has 0 saturated heterocycles. The van der Waals surface area contributed by atoms with Gasteiger partial charge in [0.15, 0.2) is 0 Å². The summed E-state index contributed by atoms with van der Waals surface area (Å²) in [7, 11) is 1.96. The molecular weight excluding hydrogens is 150 g/mol. The molecule has 0 rings (SSSR count). The lowest BCUT2D eigenvalue weighted by Crippen LogP contribution is -2.25.